The monoisotopic (exact) mass is 310 g/mol. The summed E-state index contributed by atoms with van der Waals surface area (Å²) in [7, 11) is 0. The van der Waals surface area contributed by atoms with Gasteiger partial charge in [-0.2, -0.15) is 0 Å². The van der Waals surface area contributed by atoms with E-state index in [9.17, 15) is 14.4 Å². The third kappa shape index (κ3) is 22.6. The molecule has 0 bridgehead atoms. The van der Waals surface area contributed by atoms with Gasteiger partial charge in [0.25, 0.3) is 0 Å². The van der Waals surface area contributed by atoms with E-state index in [-0.39, 0.29) is 0 Å². The van der Waals surface area contributed by atoms with Gasteiger partial charge in [0, 0.05) is 13.8 Å². The van der Waals surface area contributed by atoms with Gasteiger partial charge >= 0.3 is 50.1 Å². The van der Waals surface area contributed by atoms with Crippen LogP contribution >= 0.6 is 0 Å². The van der Waals surface area contributed by atoms with Crippen LogP contribution in [0.4, 0.5) is 0 Å². The summed E-state index contributed by atoms with van der Waals surface area (Å²) in [6, 6.07) is 0. The van der Waals surface area contributed by atoms with Crippen LogP contribution in [0, 0.1) is 0 Å². The first kappa shape index (κ1) is 16.1. The number of hydrogen-bond acceptors (Lipinski definition) is 4. The van der Waals surface area contributed by atoms with Crippen molar-refractivity contribution in [1.29, 1.82) is 0 Å². The zero-order valence-corrected chi connectivity index (χ0v) is 12.5. The van der Waals surface area contributed by atoms with Crippen LogP contribution in [0.3, 0.4) is 0 Å². The van der Waals surface area contributed by atoms with E-state index in [1.54, 1.807) is 0 Å². The maximum absolute atomic E-state index is 10.2. The number of ether oxygens (including phenoxy) is 1. The Labute approximate surface area is 88.9 Å². The molecular formula is C9H18O4Sn. The molecule has 0 fully saturated rings. The third-order valence-corrected chi connectivity index (χ3v) is 0.524. The number of ketones is 1. The first-order valence-corrected chi connectivity index (χ1v) is 15.7. The van der Waals surface area contributed by atoms with Gasteiger partial charge in [-0.25, -0.2) is 4.79 Å². The number of Topliss-reactive ketones (excluding diaryl/α,β-unsaturated/α-hetero) is 1. The Morgan fingerprint density at radius 2 is 1.21 bits per heavy atom. The Hall–Kier alpha value is -0.391. The molecule has 82 valence electrons. The molecule has 5 heteroatoms. The summed E-state index contributed by atoms with van der Waals surface area (Å²) in [4.78, 5) is 39.8. The Bertz CT molecular complexity index is 221. The van der Waals surface area contributed by atoms with Crippen molar-refractivity contribution >= 4 is 36.1 Å². The van der Waals surface area contributed by atoms with Crippen molar-refractivity contribution in [3.8, 4) is 0 Å². The summed E-state index contributed by atoms with van der Waals surface area (Å²) >= 11 is -1.18. The average molecular weight is 309 g/mol. The molecule has 0 rings (SSSR count). The molecule has 0 unspecified atom stereocenters. The van der Waals surface area contributed by atoms with Gasteiger partial charge in [0.1, 0.15) is 0 Å². The van der Waals surface area contributed by atoms with E-state index in [1.165, 1.54) is 0 Å². The summed E-state index contributed by atoms with van der Waals surface area (Å²) in [5, 5.41) is 0. The zero-order chi connectivity index (χ0) is 11.9. The van der Waals surface area contributed by atoms with Crippen LogP contribution in [-0.2, 0) is 19.1 Å². The number of rotatable bonds is 1. The van der Waals surface area contributed by atoms with Crippen molar-refractivity contribution in [1.82, 2.24) is 0 Å². The third-order valence-electron chi connectivity index (χ3n) is 0.524. The summed E-state index contributed by atoms with van der Waals surface area (Å²) < 4.78 is 3.88. The van der Waals surface area contributed by atoms with Crippen molar-refractivity contribution in [3.05, 3.63) is 0 Å². The summed E-state index contributed by atoms with van der Waals surface area (Å²) in [5.74, 6) is -2.65. The van der Waals surface area contributed by atoms with E-state index in [1.807, 2.05) is 0 Å². The standard InChI is InChI=1S/C5H6O4.4CH3.Sn/c1-3(6)5(8)9-4(2)7;;;;;/h1-2H3;4*1H3;. The van der Waals surface area contributed by atoms with Crippen LogP contribution in [0.25, 0.3) is 0 Å². The topological polar surface area (TPSA) is 60.4 Å². The molecule has 0 amide bonds. The quantitative estimate of drug-likeness (QED) is 0.320. The minimum absolute atomic E-state index is 0.768. The van der Waals surface area contributed by atoms with Crippen molar-refractivity contribution in [2.75, 3.05) is 0 Å². The molecule has 14 heavy (non-hydrogen) atoms. The summed E-state index contributed by atoms with van der Waals surface area (Å²) in [5.41, 5.74) is 0. The van der Waals surface area contributed by atoms with Crippen LogP contribution in [0.15, 0.2) is 0 Å². The molecule has 0 aromatic carbocycles. The van der Waals surface area contributed by atoms with Gasteiger partial charge in [0.15, 0.2) is 0 Å². The molecule has 0 spiro atoms. The molecule has 0 atom stereocenters. The van der Waals surface area contributed by atoms with Crippen LogP contribution in [0.2, 0.25) is 19.8 Å². The number of carbonyl (C=O) groups excluding carboxylic acids is 3. The second kappa shape index (κ2) is 6.97. The SMILES string of the molecule is CC(=O)OC(=O)C(C)=O.[CH3][Sn]([CH3])([CH3])[CH3]. The molecule has 0 aromatic heterocycles. The van der Waals surface area contributed by atoms with E-state index in [4.69, 9.17) is 0 Å². The van der Waals surface area contributed by atoms with E-state index < -0.39 is 36.1 Å². The van der Waals surface area contributed by atoms with E-state index >= 15 is 0 Å². The van der Waals surface area contributed by atoms with Gasteiger partial charge in [-0.05, 0) is 0 Å². The molecule has 0 aliphatic rings. The molecular weight excluding hydrogens is 291 g/mol. The van der Waals surface area contributed by atoms with Crippen LogP contribution < -0.4 is 0 Å². The van der Waals surface area contributed by atoms with Crippen LogP contribution in [-0.4, -0.2) is 36.1 Å². The molecule has 0 saturated heterocycles. The Morgan fingerprint density at radius 1 is 0.929 bits per heavy atom. The van der Waals surface area contributed by atoms with Gasteiger partial charge in [-0.3, -0.25) is 9.59 Å². The van der Waals surface area contributed by atoms with Crippen molar-refractivity contribution < 1.29 is 19.1 Å². The van der Waals surface area contributed by atoms with Crippen molar-refractivity contribution in [2.24, 2.45) is 0 Å². The first-order valence-electron chi connectivity index (χ1n) is 4.27. The molecule has 0 aliphatic carbocycles. The predicted octanol–water partition coefficient (Wildman–Crippen LogP) is 1.62. The Morgan fingerprint density at radius 3 is 1.29 bits per heavy atom. The minimum atomic E-state index is -1.18. The van der Waals surface area contributed by atoms with Crippen molar-refractivity contribution in [3.63, 3.8) is 0 Å². The van der Waals surface area contributed by atoms with Crippen LogP contribution in [0.5, 0.6) is 0 Å². The predicted molar refractivity (Wildman–Crippen MR) is 56.7 cm³/mol. The fourth-order valence-electron chi connectivity index (χ4n) is 0.202. The fourth-order valence-corrected chi connectivity index (χ4v) is 0.202. The zero-order valence-electron chi connectivity index (χ0n) is 9.63. The van der Waals surface area contributed by atoms with E-state index in [0.717, 1.165) is 13.8 Å². The second-order valence-electron chi connectivity index (χ2n) is 4.44. The fraction of sp³-hybridized carbons (Fsp3) is 0.667. The van der Waals surface area contributed by atoms with Gasteiger partial charge in [-0.1, -0.05) is 0 Å². The molecule has 0 saturated carbocycles. The molecule has 0 N–H and O–H groups in total. The average Bonchev–Trinajstić information content (AvgIpc) is 1.80. The number of hydrogen-bond donors (Lipinski definition) is 0. The Balaban J connectivity index is 0. The molecule has 0 radical (unpaired) electrons. The molecule has 4 nitrogen and oxygen atoms in total. The number of carbonyl (C=O) groups is 3. The van der Waals surface area contributed by atoms with E-state index in [0.29, 0.717) is 0 Å². The van der Waals surface area contributed by atoms with Gasteiger partial charge in [0.2, 0.25) is 5.78 Å². The normalized spacial score (nSPS) is 9.57. The summed E-state index contributed by atoms with van der Waals surface area (Å²) in [6.45, 7) is 2.09. The van der Waals surface area contributed by atoms with Gasteiger partial charge in [-0.15, -0.1) is 0 Å². The second-order valence-corrected chi connectivity index (χ2v) is 21.6. The van der Waals surface area contributed by atoms with E-state index in [2.05, 4.69) is 24.5 Å². The first-order chi connectivity index (χ1) is 6.04. The Kier molecular flexibility index (Phi) is 8.00. The van der Waals surface area contributed by atoms with Gasteiger partial charge < -0.3 is 4.74 Å². The molecule has 0 aromatic rings. The maximum atomic E-state index is 10.2. The summed E-state index contributed by atoms with van der Waals surface area (Å²) in [6.07, 6.45) is 0. The number of esters is 2. The molecule has 0 heterocycles. The molecule has 0 aliphatic heterocycles. The van der Waals surface area contributed by atoms with Crippen molar-refractivity contribution in [2.45, 2.75) is 33.6 Å². The van der Waals surface area contributed by atoms with Gasteiger partial charge in [0.05, 0.1) is 0 Å². The van der Waals surface area contributed by atoms with Crippen LogP contribution in [0.1, 0.15) is 13.8 Å².